The lowest BCUT2D eigenvalue weighted by molar-refractivity contribution is -0.132. The van der Waals surface area contributed by atoms with Gasteiger partial charge in [0, 0.05) is 29.1 Å². The van der Waals surface area contributed by atoms with Gasteiger partial charge in [0.25, 0.3) is 0 Å². The Morgan fingerprint density at radius 1 is 1.35 bits per heavy atom. The van der Waals surface area contributed by atoms with E-state index in [0.29, 0.717) is 12.4 Å². The van der Waals surface area contributed by atoms with Crippen LogP contribution in [0.25, 0.3) is 0 Å². The van der Waals surface area contributed by atoms with Crippen molar-refractivity contribution in [1.29, 1.82) is 0 Å². The first kappa shape index (κ1) is 17.3. The fraction of sp³-hybridized carbons (Fsp3) is 0.533. The number of carbonyl (C=O) groups excluding carboxylic acids is 1. The van der Waals surface area contributed by atoms with Crippen LogP contribution in [0.5, 0.6) is 0 Å². The summed E-state index contributed by atoms with van der Waals surface area (Å²) in [4.78, 5) is 14.1. The lowest BCUT2D eigenvalue weighted by Gasteiger charge is -2.30. The lowest BCUT2D eigenvalue weighted by atomic mass is 10.1. The van der Waals surface area contributed by atoms with Crippen molar-refractivity contribution < 1.29 is 9.18 Å². The number of hydrogen-bond acceptors (Lipinski definition) is 1. The molecule has 0 aliphatic carbocycles. The first-order chi connectivity index (χ1) is 9.54. The molecule has 0 N–H and O–H groups in total. The van der Waals surface area contributed by atoms with E-state index in [-0.39, 0.29) is 29.0 Å². The van der Waals surface area contributed by atoms with E-state index in [1.165, 1.54) is 12.1 Å². The van der Waals surface area contributed by atoms with Crippen LogP contribution >= 0.6 is 23.2 Å². The lowest BCUT2D eigenvalue weighted by Crippen LogP contribution is -2.42. The van der Waals surface area contributed by atoms with Crippen molar-refractivity contribution in [2.75, 3.05) is 12.4 Å². The van der Waals surface area contributed by atoms with Crippen LogP contribution < -0.4 is 0 Å². The Bertz CT molecular complexity index is 429. The van der Waals surface area contributed by atoms with Crippen molar-refractivity contribution >= 4 is 29.1 Å². The van der Waals surface area contributed by atoms with E-state index in [9.17, 15) is 9.18 Å². The van der Waals surface area contributed by atoms with Crippen LogP contribution in [0.4, 0.5) is 4.39 Å². The molecule has 1 aromatic rings. The minimum Gasteiger partial charge on any atom is -0.338 e. The second-order valence-electron chi connectivity index (χ2n) is 4.62. The molecule has 0 spiro atoms. The molecule has 0 aliphatic heterocycles. The summed E-state index contributed by atoms with van der Waals surface area (Å²) in [7, 11) is 0. The average Bonchev–Trinajstić information content (AvgIpc) is 2.43. The second-order valence-corrected chi connectivity index (χ2v) is 5.41. The molecular weight excluding hydrogens is 300 g/mol. The van der Waals surface area contributed by atoms with Crippen molar-refractivity contribution in [3.8, 4) is 0 Å². The monoisotopic (exact) mass is 319 g/mol. The van der Waals surface area contributed by atoms with Crippen LogP contribution in [0.3, 0.4) is 0 Å². The number of benzene rings is 1. The van der Waals surface area contributed by atoms with Crippen LogP contribution in [0.2, 0.25) is 5.02 Å². The van der Waals surface area contributed by atoms with Gasteiger partial charge in [-0.2, -0.15) is 0 Å². The maximum absolute atomic E-state index is 13.7. The third-order valence-corrected chi connectivity index (χ3v) is 3.94. The SMILES string of the molecule is CCC(CC)N(CCCl)C(=O)Cc1c(F)cccc1Cl. The second kappa shape index (κ2) is 8.48. The molecule has 0 aromatic heterocycles. The molecule has 1 amide bonds. The fourth-order valence-electron chi connectivity index (χ4n) is 2.29. The summed E-state index contributed by atoms with van der Waals surface area (Å²) in [6.45, 7) is 4.52. The van der Waals surface area contributed by atoms with Crippen molar-refractivity contribution in [3.05, 3.63) is 34.6 Å². The number of alkyl halides is 1. The Balaban J connectivity index is 2.91. The van der Waals surface area contributed by atoms with Crippen LogP contribution in [0.15, 0.2) is 18.2 Å². The summed E-state index contributed by atoms with van der Waals surface area (Å²) < 4.78 is 13.7. The van der Waals surface area contributed by atoms with Gasteiger partial charge in [0.05, 0.1) is 6.42 Å². The van der Waals surface area contributed by atoms with Crippen LogP contribution in [0, 0.1) is 5.82 Å². The molecule has 112 valence electrons. The van der Waals surface area contributed by atoms with Gasteiger partial charge in [0.2, 0.25) is 5.91 Å². The first-order valence-electron chi connectivity index (χ1n) is 6.83. The van der Waals surface area contributed by atoms with Gasteiger partial charge >= 0.3 is 0 Å². The Hall–Kier alpha value is -0.800. The number of amides is 1. The highest BCUT2D eigenvalue weighted by Crippen LogP contribution is 2.21. The van der Waals surface area contributed by atoms with Crippen molar-refractivity contribution in [1.82, 2.24) is 4.90 Å². The van der Waals surface area contributed by atoms with E-state index >= 15 is 0 Å². The van der Waals surface area contributed by atoms with Crippen LogP contribution in [-0.2, 0) is 11.2 Å². The van der Waals surface area contributed by atoms with Gasteiger partial charge in [0.15, 0.2) is 0 Å². The van der Waals surface area contributed by atoms with E-state index in [2.05, 4.69) is 0 Å². The normalized spacial score (nSPS) is 10.9. The first-order valence-corrected chi connectivity index (χ1v) is 7.74. The van der Waals surface area contributed by atoms with Gasteiger partial charge in [0.1, 0.15) is 5.82 Å². The maximum Gasteiger partial charge on any atom is 0.227 e. The number of rotatable bonds is 7. The zero-order valence-corrected chi connectivity index (χ0v) is 13.3. The summed E-state index contributed by atoms with van der Waals surface area (Å²) >= 11 is 11.7. The van der Waals surface area contributed by atoms with Gasteiger partial charge < -0.3 is 4.90 Å². The Labute approximate surface area is 129 Å². The molecule has 0 fully saturated rings. The van der Waals surface area contributed by atoms with Crippen LogP contribution in [0.1, 0.15) is 32.3 Å². The highest BCUT2D eigenvalue weighted by Gasteiger charge is 2.22. The van der Waals surface area contributed by atoms with Crippen molar-refractivity contribution in [2.24, 2.45) is 0 Å². The molecular formula is C15H20Cl2FNO. The standard InChI is InChI=1S/C15H20Cl2FNO/c1-3-11(4-2)19(9-8-16)15(20)10-12-13(17)6-5-7-14(12)18/h5-7,11H,3-4,8-10H2,1-2H3. The highest BCUT2D eigenvalue weighted by atomic mass is 35.5. The molecule has 5 heteroatoms. The molecule has 1 rings (SSSR count). The fourth-order valence-corrected chi connectivity index (χ4v) is 2.70. The molecule has 0 aliphatic rings. The minimum atomic E-state index is -0.443. The molecule has 0 radical (unpaired) electrons. The number of hydrogen-bond donors (Lipinski definition) is 0. The molecule has 0 atom stereocenters. The highest BCUT2D eigenvalue weighted by molar-refractivity contribution is 6.31. The number of carbonyl (C=O) groups is 1. The van der Waals surface area contributed by atoms with E-state index in [4.69, 9.17) is 23.2 Å². The van der Waals surface area contributed by atoms with Gasteiger partial charge in [-0.25, -0.2) is 4.39 Å². The smallest absolute Gasteiger partial charge is 0.227 e. The molecule has 2 nitrogen and oxygen atoms in total. The zero-order chi connectivity index (χ0) is 15.1. The molecule has 0 saturated heterocycles. The van der Waals surface area contributed by atoms with Crippen molar-refractivity contribution in [3.63, 3.8) is 0 Å². The predicted octanol–water partition coefficient (Wildman–Crippen LogP) is 4.28. The summed E-state index contributed by atoms with van der Waals surface area (Å²) in [6, 6.07) is 4.57. The summed E-state index contributed by atoms with van der Waals surface area (Å²) in [5.74, 6) is -0.208. The molecule has 20 heavy (non-hydrogen) atoms. The molecule has 0 saturated carbocycles. The number of halogens is 3. The molecule has 0 heterocycles. The van der Waals surface area contributed by atoms with Gasteiger partial charge in [-0.05, 0) is 25.0 Å². The summed E-state index contributed by atoms with van der Waals surface area (Å²) in [6.07, 6.45) is 1.67. The third-order valence-electron chi connectivity index (χ3n) is 3.42. The topological polar surface area (TPSA) is 20.3 Å². The molecule has 1 aromatic carbocycles. The quantitative estimate of drug-likeness (QED) is 0.687. The average molecular weight is 320 g/mol. The van der Waals surface area contributed by atoms with Gasteiger partial charge in [-0.1, -0.05) is 31.5 Å². The van der Waals surface area contributed by atoms with Crippen LogP contribution in [-0.4, -0.2) is 29.3 Å². The van der Waals surface area contributed by atoms with Gasteiger partial charge in [-0.3, -0.25) is 4.79 Å². The largest absolute Gasteiger partial charge is 0.338 e. The maximum atomic E-state index is 13.7. The predicted molar refractivity (Wildman–Crippen MR) is 81.9 cm³/mol. The Morgan fingerprint density at radius 2 is 2.00 bits per heavy atom. The van der Waals surface area contributed by atoms with Gasteiger partial charge in [-0.15, -0.1) is 11.6 Å². The van der Waals surface area contributed by atoms with E-state index in [1.54, 1.807) is 11.0 Å². The molecule has 0 unspecified atom stereocenters. The molecule has 0 bridgehead atoms. The Morgan fingerprint density at radius 3 is 2.50 bits per heavy atom. The van der Waals surface area contributed by atoms with Crippen molar-refractivity contribution in [2.45, 2.75) is 39.2 Å². The van der Waals surface area contributed by atoms with E-state index in [1.807, 2.05) is 13.8 Å². The number of nitrogens with zero attached hydrogens (tertiary/aromatic N) is 1. The summed E-state index contributed by atoms with van der Waals surface area (Å²) in [5.41, 5.74) is 0.254. The van der Waals surface area contributed by atoms with E-state index in [0.717, 1.165) is 12.8 Å². The summed E-state index contributed by atoms with van der Waals surface area (Å²) in [5, 5.41) is 0.286. The minimum absolute atomic E-state index is 0.0289. The Kier molecular flexibility index (Phi) is 7.31. The zero-order valence-electron chi connectivity index (χ0n) is 11.8. The van der Waals surface area contributed by atoms with E-state index < -0.39 is 5.82 Å². The third kappa shape index (κ3) is 4.35.